The summed E-state index contributed by atoms with van der Waals surface area (Å²) >= 11 is 0. The minimum absolute atomic E-state index is 0.0433. The van der Waals surface area contributed by atoms with Gasteiger partial charge in [0, 0.05) is 37.9 Å². The van der Waals surface area contributed by atoms with Gasteiger partial charge < -0.3 is 4.74 Å². The van der Waals surface area contributed by atoms with E-state index in [1.165, 1.54) is 0 Å². The number of aromatic nitrogens is 1. The number of hydrogen-bond acceptors (Lipinski definition) is 5. The molecule has 7 heteroatoms. The summed E-state index contributed by atoms with van der Waals surface area (Å²) in [4.78, 5) is 6.44. The lowest BCUT2D eigenvalue weighted by molar-refractivity contribution is 0.323. The Labute approximate surface area is 125 Å². The Bertz CT molecular complexity index is 584. The zero-order valence-electron chi connectivity index (χ0n) is 12.2. The molecule has 0 spiro atoms. The van der Waals surface area contributed by atoms with E-state index in [9.17, 15) is 8.42 Å². The molecule has 1 aromatic rings. The Morgan fingerprint density at radius 3 is 2.81 bits per heavy atom. The van der Waals surface area contributed by atoms with Crippen molar-refractivity contribution in [1.29, 1.82) is 0 Å². The van der Waals surface area contributed by atoms with Gasteiger partial charge in [0.2, 0.25) is 15.9 Å². The third-order valence-corrected chi connectivity index (χ3v) is 5.99. The lowest BCUT2D eigenvalue weighted by Crippen LogP contribution is -2.38. The van der Waals surface area contributed by atoms with Crippen molar-refractivity contribution in [2.24, 2.45) is 0 Å². The van der Waals surface area contributed by atoms with Crippen LogP contribution in [0.15, 0.2) is 18.3 Å². The van der Waals surface area contributed by atoms with Crippen LogP contribution in [0.4, 0.5) is 0 Å². The lowest BCUT2D eigenvalue weighted by Gasteiger charge is -2.16. The van der Waals surface area contributed by atoms with Gasteiger partial charge in [-0.2, -0.15) is 0 Å². The maximum atomic E-state index is 11.9. The summed E-state index contributed by atoms with van der Waals surface area (Å²) < 4.78 is 31.7. The molecule has 1 N–H and O–H groups in total. The van der Waals surface area contributed by atoms with E-state index < -0.39 is 10.0 Å². The van der Waals surface area contributed by atoms with E-state index in [2.05, 4.69) is 14.6 Å². The molecule has 1 aromatic heterocycles. The molecule has 1 atom stereocenters. The van der Waals surface area contributed by atoms with Crippen molar-refractivity contribution in [3.63, 3.8) is 0 Å². The fourth-order valence-corrected chi connectivity index (χ4v) is 4.27. The molecular formula is C14H21N3O3S. The minimum atomic E-state index is -3.08. The van der Waals surface area contributed by atoms with Gasteiger partial charge in [0.1, 0.15) is 0 Å². The minimum Gasteiger partial charge on any atom is -0.481 e. The van der Waals surface area contributed by atoms with Gasteiger partial charge in [0.15, 0.2) is 0 Å². The molecule has 0 aromatic carbocycles. The Kier molecular flexibility index (Phi) is 4.14. The van der Waals surface area contributed by atoms with E-state index in [0.717, 1.165) is 44.5 Å². The second-order valence-corrected chi connectivity index (χ2v) is 7.78. The van der Waals surface area contributed by atoms with Crippen molar-refractivity contribution in [2.75, 3.05) is 20.2 Å². The number of nitrogens with zero attached hydrogens (tertiary/aromatic N) is 2. The second kappa shape index (κ2) is 5.90. The fraction of sp³-hybridized carbons (Fsp3) is 0.643. The van der Waals surface area contributed by atoms with Crippen molar-refractivity contribution in [2.45, 2.75) is 37.1 Å². The van der Waals surface area contributed by atoms with Crippen LogP contribution in [0.5, 0.6) is 5.88 Å². The van der Waals surface area contributed by atoms with E-state index in [-0.39, 0.29) is 11.3 Å². The molecule has 116 valence electrons. The van der Waals surface area contributed by atoms with Gasteiger partial charge in [-0.25, -0.2) is 18.1 Å². The molecule has 1 aliphatic heterocycles. The van der Waals surface area contributed by atoms with Crippen LogP contribution in [-0.4, -0.2) is 49.8 Å². The van der Waals surface area contributed by atoms with Crippen LogP contribution in [0.1, 0.15) is 24.8 Å². The Balaban J connectivity index is 1.52. The average Bonchev–Trinajstić information content (AvgIpc) is 3.24. The van der Waals surface area contributed by atoms with Gasteiger partial charge >= 0.3 is 0 Å². The summed E-state index contributed by atoms with van der Waals surface area (Å²) in [6, 6.07) is 3.88. The van der Waals surface area contributed by atoms with E-state index in [0.29, 0.717) is 5.88 Å². The van der Waals surface area contributed by atoms with Gasteiger partial charge in [-0.05, 0) is 24.8 Å². The third-order valence-electron chi connectivity index (χ3n) is 3.98. The molecule has 1 saturated carbocycles. The molecule has 0 radical (unpaired) electrons. The van der Waals surface area contributed by atoms with Crippen LogP contribution in [0, 0.1) is 0 Å². The topological polar surface area (TPSA) is 71.5 Å². The highest BCUT2D eigenvalue weighted by Crippen LogP contribution is 2.28. The normalized spacial score (nSPS) is 23.4. The van der Waals surface area contributed by atoms with Crippen molar-refractivity contribution < 1.29 is 13.2 Å². The lowest BCUT2D eigenvalue weighted by atomic mass is 10.2. The van der Waals surface area contributed by atoms with E-state index in [4.69, 9.17) is 4.74 Å². The molecule has 1 saturated heterocycles. The van der Waals surface area contributed by atoms with Crippen LogP contribution in [-0.2, 0) is 16.6 Å². The number of pyridine rings is 1. The standard InChI is InChI=1S/C14H21N3O3S/c1-20-14-5-2-11(8-15-14)9-17-7-6-12(10-17)16-21(18,19)13-3-4-13/h2,5,8,12-13,16H,3-4,6-7,9-10H2,1H3/t12-/m1/s1. The van der Waals surface area contributed by atoms with Crippen LogP contribution in [0.2, 0.25) is 0 Å². The second-order valence-electron chi connectivity index (χ2n) is 5.79. The van der Waals surface area contributed by atoms with Crippen LogP contribution in [0.3, 0.4) is 0 Å². The average molecular weight is 311 g/mol. The van der Waals surface area contributed by atoms with Gasteiger partial charge in [0.05, 0.1) is 12.4 Å². The highest BCUT2D eigenvalue weighted by Gasteiger charge is 2.38. The van der Waals surface area contributed by atoms with E-state index in [1.807, 2.05) is 12.1 Å². The smallest absolute Gasteiger partial charge is 0.214 e. The number of ether oxygens (including phenoxy) is 1. The van der Waals surface area contributed by atoms with Gasteiger partial charge in [-0.3, -0.25) is 4.90 Å². The monoisotopic (exact) mass is 311 g/mol. The Hall–Kier alpha value is -1.18. The number of methoxy groups -OCH3 is 1. The number of likely N-dealkylation sites (tertiary alicyclic amines) is 1. The first-order valence-corrected chi connectivity index (χ1v) is 8.84. The summed E-state index contributed by atoms with van der Waals surface area (Å²) in [5.74, 6) is 0.607. The number of sulfonamides is 1. The SMILES string of the molecule is COc1ccc(CN2CC[C@@H](NS(=O)(=O)C3CC3)C2)cn1. The molecule has 0 bridgehead atoms. The highest BCUT2D eigenvalue weighted by molar-refractivity contribution is 7.90. The quantitative estimate of drug-likeness (QED) is 0.839. The first-order valence-electron chi connectivity index (χ1n) is 7.29. The summed E-state index contributed by atoms with van der Waals surface area (Å²) in [7, 11) is -1.49. The molecule has 2 aliphatic rings. The summed E-state index contributed by atoms with van der Waals surface area (Å²) in [6.07, 6.45) is 4.29. The molecule has 2 fully saturated rings. The Morgan fingerprint density at radius 1 is 1.38 bits per heavy atom. The summed E-state index contributed by atoms with van der Waals surface area (Å²) in [5, 5.41) is -0.141. The van der Waals surface area contributed by atoms with Gasteiger partial charge in [-0.1, -0.05) is 6.07 Å². The summed E-state index contributed by atoms with van der Waals surface area (Å²) in [6.45, 7) is 2.46. The molecule has 21 heavy (non-hydrogen) atoms. The zero-order valence-corrected chi connectivity index (χ0v) is 13.0. The highest BCUT2D eigenvalue weighted by atomic mass is 32.2. The van der Waals surface area contributed by atoms with Crippen LogP contribution < -0.4 is 9.46 Å². The first kappa shape index (κ1) is 14.7. The van der Waals surface area contributed by atoms with Crippen LogP contribution in [0.25, 0.3) is 0 Å². The van der Waals surface area contributed by atoms with Crippen LogP contribution >= 0.6 is 0 Å². The van der Waals surface area contributed by atoms with Crippen molar-refractivity contribution >= 4 is 10.0 Å². The molecular weight excluding hydrogens is 290 g/mol. The predicted molar refractivity (Wildman–Crippen MR) is 79.5 cm³/mol. The largest absolute Gasteiger partial charge is 0.481 e. The number of nitrogens with one attached hydrogen (secondary N) is 1. The van der Waals surface area contributed by atoms with Crippen molar-refractivity contribution in [3.8, 4) is 5.88 Å². The molecule has 0 unspecified atom stereocenters. The van der Waals surface area contributed by atoms with Crippen molar-refractivity contribution in [3.05, 3.63) is 23.9 Å². The number of rotatable bonds is 6. The molecule has 1 aliphatic carbocycles. The zero-order chi connectivity index (χ0) is 14.9. The third kappa shape index (κ3) is 3.72. The molecule has 3 rings (SSSR count). The first-order chi connectivity index (χ1) is 10.1. The fourth-order valence-electron chi connectivity index (χ4n) is 2.66. The predicted octanol–water partition coefficient (Wildman–Crippen LogP) is 0.746. The molecule has 2 heterocycles. The maximum Gasteiger partial charge on any atom is 0.214 e. The number of hydrogen-bond donors (Lipinski definition) is 1. The van der Waals surface area contributed by atoms with Gasteiger partial charge in [0.25, 0.3) is 0 Å². The molecule has 0 amide bonds. The van der Waals surface area contributed by atoms with Gasteiger partial charge in [-0.15, -0.1) is 0 Å². The maximum absolute atomic E-state index is 11.9. The van der Waals surface area contributed by atoms with E-state index >= 15 is 0 Å². The van der Waals surface area contributed by atoms with Crippen molar-refractivity contribution in [1.82, 2.24) is 14.6 Å². The summed E-state index contributed by atoms with van der Waals surface area (Å²) in [5.41, 5.74) is 1.11. The Morgan fingerprint density at radius 2 is 2.19 bits per heavy atom. The van der Waals surface area contributed by atoms with E-state index in [1.54, 1.807) is 13.3 Å². The molecule has 6 nitrogen and oxygen atoms in total.